The summed E-state index contributed by atoms with van der Waals surface area (Å²) in [6, 6.07) is 11.3. The zero-order valence-corrected chi connectivity index (χ0v) is 19.6. The molecule has 0 atom stereocenters. The van der Waals surface area contributed by atoms with Gasteiger partial charge in [0.1, 0.15) is 11.4 Å². The molecule has 0 aromatic heterocycles. The Kier molecular flexibility index (Phi) is 9.37. The Morgan fingerprint density at radius 1 is 0.912 bits per heavy atom. The molecule has 0 bridgehead atoms. The standard InChI is InChI=1S/C25H32N4O5/c1-2-3-4-5-6-7-8-9-18-34-22-13-10-20(11-14-22)23-16-17-27(26-23)24-15-12-21(28(30)31)19-25(24)29(32)33/h10-15,19H,2-9,16-18H2,1H3. The summed E-state index contributed by atoms with van der Waals surface area (Å²) in [4.78, 5) is 21.1. The second-order valence-electron chi connectivity index (χ2n) is 8.45. The molecule has 0 unspecified atom stereocenters. The lowest BCUT2D eigenvalue weighted by molar-refractivity contribution is -0.393. The van der Waals surface area contributed by atoms with Crippen LogP contribution in [0.5, 0.6) is 5.75 Å². The number of non-ortho nitro benzene ring substituents is 1. The van der Waals surface area contributed by atoms with Crippen molar-refractivity contribution < 1.29 is 14.6 Å². The number of rotatable bonds is 14. The first-order chi connectivity index (χ1) is 16.5. The molecule has 1 heterocycles. The van der Waals surface area contributed by atoms with Crippen molar-refractivity contribution >= 4 is 22.8 Å². The molecule has 0 amide bonds. The maximum absolute atomic E-state index is 11.4. The van der Waals surface area contributed by atoms with Crippen LogP contribution in [-0.4, -0.2) is 28.7 Å². The van der Waals surface area contributed by atoms with Crippen molar-refractivity contribution in [2.75, 3.05) is 18.2 Å². The van der Waals surface area contributed by atoms with Gasteiger partial charge in [-0.1, -0.05) is 51.9 Å². The molecule has 9 nitrogen and oxygen atoms in total. The number of nitro groups is 2. The fourth-order valence-corrected chi connectivity index (χ4v) is 3.99. The van der Waals surface area contributed by atoms with Gasteiger partial charge in [-0.2, -0.15) is 5.10 Å². The van der Waals surface area contributed by atoms with Crippen LogP contribution in [0.2, 0.25) is 0 Å². The van der Waals surface area contributed by atoms with E-state index < -0.39 is 9.85 Å². The number of benzene rings is 2. The summed E-state index contributed by atoms with van der Waals surface area (Å²) in [5, 5.41) is 28.5. The summed E-state index contributed by atoms with van der Waals surface area (Å²) in [7, 11) is 0. The Labute approximate surface area is 199 Å². The number of anilines is 1. The van der Waals surface area contributed by atoms with Crippen LogP contribution >= 0.6 is 0 Å². The van der Waals surface area contributed by atoms with Gasteiger partial charge in [-0.05, 0) is 42.3 Å². The van der Waals surface area contributed by atoms with E-state index in [1.54, 1.807) is 0 Å². The van der Waals surface area contributed by atoms with E-state index >= 15 is 0 Å². The molecule has 0 spiro atoms. The van der Waals surface area contributed by atoms with E-state index in [2.05, 4.69) is 12.0 Å². The monoisotopic (exact) mass is 468 g/mol. The Bertz CT molecular complexity index is 1010. The highest BCUT2D eigenvalue weighted by Crippen LogP contribution is 2.34. The minimum atomic E-state index is -0.645. The molecule has 0 saturated carbocycles. The lowest BCUT2D eigenvalue weighted by atomic mass is 10.1. The third-order valence-corrected chi connectivity index (χ3v) is 5.90. The lowest BCUT2D eigenvalue weighted by Crippen LogP contribution is -2.13. The molecule has 0 radical (unpaired) electrons. The second-order valence-corrected chi connectivity index (χ2v) is 8.45. The molecule has 34 heavy (non-hydrogen) atoms. The minimum Gasteiger partial charge on any atom is -0.494 e. The van der Waals surface area contributed by atoms with E-state index in [-0.39, 0.29) is 17.1 Å². The molecule has 1 aliphatic rings. The van der Waals surface area contributed by atoms with Gasteiger partial charge >= 0.3 is 5.69 Å². The summed E-state index contributed by atoms with van der Waals surface area (Å²) < 4.78 is 5.85. The number of nitrogens with zero attached hydrogens (tertiary/aromatic N) is 4. The molecule has 0 N–H and O–H groups in total. The van der Waals surface area contributed by atoms with Gasteiger partial charge in [-0.3, -0.25) is 25.2 Å². The number of ether oxygens (including phenoxy) is 1. The first-order valence-electron chi connectivity index (χ1n) is 12.0. The minimum absolute atomic E-state index is 0.246. The van der Waals surface area contributed by atoms with Crippen LogP contribution in [0.1, 0.15) is 70.3 Å². The summed E-state index contributed by atoms with van der Waals surface area (Å²) >= 11 is 0. The van der Waals surface area contributed by atoms with Crippen LogP contribution in [0, 0.1) is 20.2 Å². The molecule has 3 rings (SSSR count). The number of hydrogen-bond acceptors (Lipinski definition) is 7. The molecule has 0 fully saturated rings. The van der Waals surface area contributed by atoms with Crippen molar-refractivity contribution in [2.24, 2.45) is 5.10 Å². The van der Waals surface area contributed by atoms with E-state index in [9.17, 15) is 20.2 Å². The quantitative estimate of drug-likeness (QED) is 0.175. The van der Waals surface area contributed by atoms with Crippen LogP contribution < -0.4 is 9.75 Å². The molecule has 2 aromatic rings. The van der Waals surface area contributed by atoms with Gasteiger partial charge in [0, 0.05) is 19.0 Å². The molecule has 2 aromatic carbocycles. The van der Waals surface area contributed by atoms with E-state index in [0.717, 1.165) is 29.5 Å². The Balaban J connectivity index is 1.52. The van der Waals surface area contributed by atoms with Crippen molar-refractivity contribution in [3.63, 3.8) is 0 Å². The van der Waals surface area contributed by atoms with Crippen LogP contribution in [0.25, 0.3) is 0 Å². The van der Waals surface area contributed by atoms with E-state index in [1.807, 2.05) is 24.3 Å². The first kappa shape index (κ1) is 25.1. The molecule has 9 heteroatoms. The second kappa shape index (κ2) is 12.7. The number of nitro benzene ring substituents is 2. The zero-order valence-electron chi connectivity index (χ0n) is 19.6. The highest BCUT2D eigenvalue weighted by Gasteiger charge is 2.26. The topological polar surface area (TPSA) is 111 Å². The van der Waals surface area contributed by atoms with E-state index in [4.69, 9.17) is 4.74 Å². The Morgan fingerprint density at radius 2 is 1.59 bits per heavy atom. The fourth-order valence-electron chi connectivity index (χ4n) is 3.99. The molecule has 0 aliphatic carbocycles. The van der Waals surface area contributed by atoms with E-state index in [1.165, 1.54) is 62.1 Å². The van der Waals surface area contributed by atoms with Crippen molar-refractivity contribution in [1.29, 1.82) is 0 Å². The third kappa shape index (κ3) is 7.00. The van der Waals surface area contributed by atoms with Gasteiger partial charge in [-0.25, -0.2) is 0 Å². The Morgan fingerprint density at radius 3 is 2.24 bits per heavy atom. The predicted molar refractivity (Wildman–Crippen MR) is 133 cm³/mol. The Hall–Kier alpha value is -3.49. The molecular formula is C25H32N4O5. The van der Waals surface area contributed by atoms with Gasteiger partial charge < -0.3 is 4.74 Å². The predicted octanol–water partition coefficient (Wildman–Crippen LogP) is 6.64. The van der Waals surface area contributed by atoms with Gasteiger partial charge in [-0.15, -0.1) is 0 Å². The maximum Gasteiger partial charge on any atom is 0.301 e. The summed E-state index contributed by atoms with van der Waals surface area (Å²) in [5.41, 5.74) is 1.33. The summed E-state index contributed by atoms with van der Waals surface area (Å²) in [5.74, 6) is 0.813. The smallest absolute Gasteiger partial charge is 0.301 e. The van der Waals surface area contributed by atoms with Crippen LogP contribution in [0.3, 0.4) is 0 Å². The number of unbranched alkanes of at least 4 members (excludes halogenated alkanes) is 7. The van der Waals surface area contributed by atoms with Crippen molar-refractivity contribution in [3.8, 4) is 5.75 Å². The normalized spacial score (nSPS) is 13.1. The van der Waals surface area contributed by atoms with Gasteiger partial charge in [0.05, 0.1) is 28.2 Å². The molecule has 182 valence electrons. The number of hydrazone groups is 1. The highest BCUT2D eigenvalue weighted by molar-refractivity contribution is 6.03. The van der Waals surface area contributed by atoms with Gasteiger partial charge in [0.2, 0.25) is 0 Å². The summed E-state index contributed by atoms with van der Waals surface area (Å²) in [6.45, 7) is 3.40. The average Bonchev–Trinajstić information content (AvgIpc) is 3.33. The molecule has 0 saturated heterocycles. The largest absolute Gasteiger partial charge is 0.494 e. The van der Waals surface area contributed by atoms with Crippen molar-refractivity contribution in [1.82, 2.24) is 0 Å². The van der Waals surface area contributed by atoms with Crippen molar-refractivity contribution in [3.05, 3.63) is 68.3 Å². The zero-order chi connectivity index (χ0) is 24.3. The van der Waals surface area contributed by atoms with Gasteiger partial charge in [0.15, 0.2) is 0 Å². The third-order valence-electron chi connectivity index (χ3n) is 5.90. The summed E-state index contributed by atoms with van der Waals surface area (Å²) in [6.07, 6.45) is 10.7. The number of hydrogen-bond donors (Lipinski definition) is 0. The highest BCUT2D eigenvalue weighted by atomic mass is 16.6. The van der Waals surface area contributed by atoms with Crippen LogP contribution in [-0.2, 0) is 0 Å². The maximum atomic E-state index is 11.4. The first-order valence-corrected chi connectivity index (χ1v) is 12.0. The van der Waals surface area contributed by atoms with Gasteiger partial charge in [0.25, 0.3) is 5.69 Å². The van der Waals surface area contributed by atoms with E-state index in [0.29, 0.717) is 19.6 Å². The fraction of sp³-hybridized carbons (Fsp3) is 0.480. The lowest BCUT2D eigenvalue weighted by Gasteiger charge is -2.13. The average molecular weight is 469 g/mol. The van der Waals surface area contributed by atoms with Crippen LogP contribution in [0.15, 0.2) is 47.6 Å². The SMILES string of the molecule is CCCCCCCCCCOc1ccc(C2=NN(c3ccc([N+](=O)[O-])cc3[N+](=O)[O-])CC2)cc1. The van der Waals surface area contributed by atoms with Crippen LogP contribution in [0.4, 0.5) is 17.1 Å². The molecule has 1 aliphatic heterocycles. The van der Waals surface area contributed by atoms with Crippen molar-refractivity contribution in [2.45, 2.75) is 64.7 Å². The molecular weight excluding hydrogens is 436 g/mol.